The Hall–Kier alpha value is -0.490. The third kappa shape index (κ3) is 5.44. The molecular weight excluding hydrogens is 301 g/mol. The normalized spacial score (nSPS) is 11.2. The van der Waals surface area contributed by atoms with Crippen LogP contribution in [0.4, 0.5) is 4.39 Å². The number of halogens is 2. The van der Waals surface area contributed by atoms with Crippen LogP contribution in [0.25, 0.3) is 0 Å². The predicted molar refractivity (Wildman–Crippen MR) is 73.1 cm³/mol. The van der Waals surface area contributed by atoms with Gasteiger partial charge >= 0.3 is 0 Å². The first-order valence-corrected chi connectivity index (χ1v) is 6.61. The van der Waals surface area contributed by atoms with Gasteiger partial charge in [-0.1, -0.05) is 22.0 Å². The van der Waals surface area contributed by atoms with Crippen molar-refractivity contribution in [3.05, 3.63) is 34.1 Å². The molecule has 0 aliphatic heterocycles. The SMILES string of the molecule is COCCN(CCOC)Cc1ccc(F)cc1Br. The molecule has 0 aliphatic rings. The van der Waals surface area contributed by atoms with E-state index in [0.717, 1.165) is 29.7 Å². The van der Waals surface area contributed by atoms with Crippen molar-refractivity contribution in [1.82, 2.24) is 4.90 Å². The number of rotatable bonds is 8. The van der Waals surface area contributed by atoms with Crippen molar-refractivity contribution in [3.63, 3.8) is 0 Å². The zero-order valence-electron chi connectivity index (χ0n) is 10.8. The number of benzene rings is 1. The summed E-state index contributed by atoms with van der Waals surface area (Å²) in [6, 6.07) is 4.76. The van der Waals surface area contributed by atoms with Crippen LogP contribution in [-0.2, 0) is 16.0 Å². The lowest BCUT2D eigenvalue weighted by Gasteiger charge is -2.22. The minimum Gasteiger partial charge on any atom is -0.383 e. The van der Waals surface area contributed by atoms with E-state index in [9.17, 15) is 4.39 Å². The summed E-state index contributed by atoms with van der Waals surface area (Å²) < 4.78 is 24.0. The van der Waals surface area contributed by atoms with Crippen LogP contribution in [0, 0.1) is 5.82 Å². The van der Waals surface area contributed by atoms with Gasteiger partial charge in [0, 0.05) is 38.3 Å². The quantitative estimate of drug-likeness (QED) is 0.735. The molecule has 0 saturated carbocycles. The van der Waals surface area contributed by atoms with Gasteiger partial charge in [0.15, 0.2) is 0 Å². The molecule has 0 fully saturated rings. The second kappa shape index (κ2) is 8.58. The molecule has 3 nitrogen and oxygen atoms in total. The summed E-state index contributed by atoms with van der Waals surface area (Å²) >= 11 is 3.38. The van der Waals surface area contributed by atoms with Crippen LogP contribution >= 0.6 is 15.9 Å². The van der Waals surface area contributed by atoms with Crippen molar-refractivity contribution < 1.29 is 13.9 Å². The number of hydrogen-bond acceptors (Lipinski definition) is 3. The number of methoxy groups -OCH3 is 2. The Bertz CT molecular complexity index is 355. The lowest BCUT2D eigenvalue weighted by molar-refractivity contribution is 0.110. The summed E-state index contributed by atoms with van der Waals surface area (Å²) in [5, 5.41) is 0. The van der Waals surface area contributed by atoms with Crippen LogP contribution in [0.3, 0.4) is 0 Å². The highest BCUT2D eigenvalue weighted by Crippen LogP contribution is 2.19. The van der Waals surface area contributed by atoms with Gasteiger partial charge in [0.1, 0.15) is 5.82 Å². The van der Waals surface area contributed by atoms with Gasteiger partial charge < -0.3 is 9.47 Å². The zero-order valence-corrected chi connectivity index (χ0v) is 12.4. The Balaban J connectivity index is 2.62. The molecule has 0 unspecified atom stereocenters. The minimum absolute atomic E-state index is 0.231. The van der Waals surface area contributed by atoms with E-state index in [-0.39, 0.29) is 5.82 Å². The lowest BCUT2D eigenvalue weighted by atomic mass is 10.2. The highest BCUT2D eigenvalue weighted by Gasteiger charge is 2.08. The predicted octanol–water partition coefficient (Wildman–Crippen LogP) is 2.68. The van der Waals surface area contributed by atoms with Crippen molar-refractivity contribution >= 4 is 15.9 Å². The molecule has 1 aromatic carbocycles. The molecule has 1 aromatic rings. The first kappa shape index (κ1) is 15.6. The summed E-state index contributed by atoms with van der Waals surface area (Å²) in [7, 11) is 3.37. The van der Waals surface area contributed by atoms with Gasteiger partial charge in [0.05, 0.1) is 13.2 Å². The third-order valence-corrected chi connectivity index (χ3v) is 3.37. The van der Waals surface area contributed by atoms with Gasteiger partial charge in [-0.05, 0) is 17.7 Å². The third-order valence-electron chi connectivity index (χ3n) is 2.63. The topological polar surface area (TPSA) is 21.7 Å². The van der Waals surface area contributed by atoms with E-state index in [1.54, 1.807) is 20.3 Å². The molecule has 0 saturated heterocycles. The van der Waals surface area contributed by atoms with Crippen LogP contribution in [0.2, 0.25) is 0 Å². The maximum absolute atomic E-state index is 13.0. The maximum atomic E-state index is 13.0. The Morgan fingerprint density at radius 3 is 2.28 bits per heavy atom. The molecule has 1 rings (SSSR count). The highest BCUT2D eigenvalue weighted by atomic mass is 79.9. The highest BCUT2D eigenvalue weighted by molar-refractivity contribution is 9.10. The maximum Gasteiger partial charge on any atom is 0.124 e. The number of hydrogen-bond donors (Lipinski definition) is 0. The van der Waals surface area contributed by atoms with Crippen LogP contribution in [-0.4, -0.2) is 45.4 Å². The average molecular weight is 320 g/mol. The molecule has 102 valence electrons. The molecule has 0 radical (unpaired) electrons. The van der Waals surface area contributed by atoms with E-state index in [2.05, 4.69) is 20.8 Å². The smallest absolute Gasteiger partial charge is 0.124 e. The monoisotopic (exact) mass is 319 g/mol. The fraction of sp³-hybridized carbons (Fsp3) is 0.538. The van der Waals surface area contributed by atoms with Crippen molar-refractivity contribution in [2.24, 2.45) is 0 Å². The fourth-order valence-electron chi connectivity index (χ4n) is 1.60. The van der Waals surface area contributed by atoms with Gasteiger partial charge in [-0.3, -0.25) is 4.90 Å². The average Bonchev–Trinajstić information content (AvgIpc) is 2.35. The van der Waals surface area contributed by atoms with Gasteiger partial charge in [0.25, 0.3) is 0 Å². The van der Waals surface area contributed by atoms with E-state index < -0.39 is 0 Å². The Kier molecular flexibility index (Phi) is 7.42. The minimum atomic E-state index is -0.231. The lowest BCUT2D eigenvalue weighted by Crippen LogP contribution is -2.30. The Morgan fingerprint density at radius 1 is 1.17 bits per heavy atom. The standard InChI is InChI=1S/C13H19BrFNO2/c1-17-7-5-16(6-8-18-2)10-11-3-4-12(15)9-13(11)14/h3-4,9H,5-8,10H2,1-2H3. The zero-order chi connectivity index (χ0) is 13.4. The van der Waals surface area contributed by atoms with E-state index >= 15 is 0 Å². The first-order valence-electron chi connectivity index (χ1n) is 5.81. The molecule has 0 atom stereocenters. The summed E-state index contributed by atoms with van der Waals surface area (Å²) in [5.41, 5.74) is 1.06. The molecule has 0 heterocycles. The van der Waals surface area contributed by atoms with E-state index in [4.69, 9.17) is 9.47 Å². The molecule has 0 N–H and O–H groups in total. The molecule has 0 spiro atoms. The van der Waals surface area contributed by atoms with E-state index in [1.807, 2.05) is 0 Å². The second-order valence-corrected chi connectivity index (χ2v) is 4.85. The number of nitrogens with zero attached hydrogens (tertiary/aromatic N) is 1. The largest absolute Gasteiger partial charge is 0.383 e. The summed E-state index contributed by atoms with van der Waals surface area (Å²) in [5.74, 6) is -0.231. The van der Waals surface area contributed by atoms with Gasteiger partial charge in [-0.2, -0.15) is 0 Å². The Morgan fingerprint density at radius 2 is 1.78 bits per heavy atom. The molecule has 0 bridgehead atoms. The second-order valence-electron chi connectivity index (χ2n) is 4.00. The van der Waals surface area contributed by atoms with Crippen LogP contribution in [0.5, 0.6) is 0 Å². The molecule has 0 amide bonds. The van der Waals surface area contributed by atoms with Crippen molar-refractivity contribution in [3.8, 4) is 0 Å². The summed E-state index contributed by atoms with van der Waals surface area (Å²) in [6.07, 6.45) is 0. The number of ether oxygens (including phenoxy) is 2. The molecule has 0 aromatic heterocycles. The van der Waals surface area contributed by atoms with Gasteiger partial charge in [0.2, 0.25) is 0 Å². The Labute approximate surface area is 116 Å². The molecule has 18 heavy (non-hydrogen) atoms. The molecular formula is C13H19BrFNO2. The molecule has 5 heteroatoms. The van der Waals surface area contributed by atoms with Gasteiger partial charge in [-0.25, -0.2) is 4.39 Å². The van der Waals surface area contributed by atoms with Crippen molar-refractivity contribution in [2.45, 2.75) is 6.54 Å². The van der Waals surface area contributed by atoms with E-state index in [0.29, 0.717) is 13.2 Å². The summed E-state index contributed by atoms with van der Waals surface area (Å²) in [6.45, 7) is 3.73. The van der Waals surface area contributed by atoms with Gasteiger partial charge in [-0.15, -0.1) is 0 Å². The van der Waals surface area contributed by atoms with Crippen LogP contribution in [0.1, 0.15) is 5.56 Å². The van der Waals surface area contributed by atoms with Crippen molar-refractivity contribution in [2.75, 3.05) is 40.5 Å². The van der Waals surface area contributed by atoms with E-state index in [1.165, 1.54) is 12.1 Å². The summed E-state index contributed by atoms with van der Waals surface area (Å²) in [4.78, 5) is 2.21. The van der Waals surface area contributed by atoms with Crippen LogP contribution < -0.4 is 0 Å². The molecule has 0 aliphatic carbocycles. The van der Waals surface area contributed by atoms with Crippen molar-refractivity contribution in [1.29, 1.82) is 0 Å². The fourth-order valence-corrected chi connectivity index (χ4v) is 2.08. The first-order chi connectivity index (χ1) is 8.67. The van der Waals surface area contributed by atoms with Crippen LogP contribution in [0.15, 0.2) is 22.7 Å².